The zero-order valence-corrected chi connectivity index (χ0v) is 17.9. The molecule has 7 aliphatic rings. The van der Waals surface area contributed by atoms with E-state index in [2.05, 4.69) is 22.9 Å². The van der Waals surface area contributed by atoms with Crippen LogP contribution in [0.2, 0.25) is 0 Å². The SMILES string of the molecule is COc1ccc2c3c1O[C@H]1[C@]4(CC[C@@]5(O)[C@@H](C2)N(C)CC[C@]315)O[C@@H]1CO[C@@H]2CO[C@H]4N21. The van der Waals surface area contributed by atoms with E-state index in [1.54, 1.807) is 7.11 Å². The number of benzene rings is 1. The number of ether oxygens (including phenoxy) is 5. The smallest absolute Gasteiger partial charge is 0.166 e. The first-order valence-electron chi connectivity index (χ1n) is 11.5. The summed E-state index contributed by atoms with van der Waals surface area (Å²) in [4.78, 5) is 4.59. The number of piperidine rings is 1. The van der Waals surface area contributed by atoms with Crippen LogP contribution in [0.4, 0.5) is 0 Å². The number of methoxy groups -OCH3 is 1. The van der Waals surface area contributed by atoms with Crippen molar-refractivity contribution in [3.8, 4) is 11.5 Å². The Labute approximate surface area is 180 Å². The second kappa shape index (κ2) is 5.38. The molecular formula is C23H28N2O6. The van der Waals surface area contributed by atoms with Gasteiger partial charge in [-0.05, 0) is 50.9 Å². The second-order valence-electron chi connectivity index (χ2n) is 10.4. The molecular weight excluding hydrogens is 400 g/mol. The summed E-state index contributed by atoms with van der Waals surface area (Å²) in [5.74, 6) is 1.54. The molecule has 1 aromatic carbocycles. The number of likely N-dealkylation sites (N-methyl/N-ethyl adjacent to an activating group) is 1. The molecule has 4 saturated heterocycles. The highest BCUT2D eigenvalue weighted by molar-refractivity contribution is 5.63. The molecule has 1 aromatic rings. The second-order valence-corrected chi connectivity index (χ2v) is 10.4. The van der Waals surface area contributed by atoms with Gasteiger partial charge >= 0.3 is 0 Å². The summed E-state index contributed by atoms with van der Waals surface area (Å²) in [5.41, 5.74) is 0.398. The normalized spacial score (nSPS) is 51.1. The van der Waals surface area contributed by atoms with Gasteiger partial charge in [-0.1, -0.05) is 6.07 Å². The first kappa shape index (κ1) is 18.1. The maximum absolute atomic E-state index is 12.5. The van der Waals surface area contributed by atoms with Crippen LogP contribution in [0, 0.1) is 0 Å². The number of fused-ring (bicyclic) bond motifs is 2. The van der Waals surface area contributed by atoms with Crippen LogP contribution in [0.1, 0.15) is 30.4 Å². The van der Waals surface area contributed by atoms with E-state index in [1.807, 2.05) is 6.07 Å². The van der Waals surface area contributed by atoms with Gasteiger partial charge in [0.25, 0.3) is 0 Å². The van der Waals surface area contributed by atoms with Crippen LogP contribution >= 0.6 is 0 Å². The van der Waals surface area contributed by atoms with E-state index in [1.165, 1.54) is 5.56 Å². The van der Waals surface area contributed by atoms with E-state index < -0.39 is 16.6 Å². The zero-order valence-electron chi connectivity index (χ0n) is 17.9. The molecule has 0 radical (unpaired) electrons. The number of hydrogen-bond acceptors (Lipinski definition) is 8. The Morgan fingerprint density at radius 3 is 2.87 bits per heavy atom. The molecule has 2 bridgehead atoms. The molecule has 5 heterocycles. The predicted octanol–water partition coefficient (Wildman–Crippen LogP) is 0.589. The Hall–Kier alpha value is -1.42. The Morgan fingerprint density at radius 2 is 2.00 bits per heavy atom. The molecule has 0 amide bonds. The van der Waals surface area contributed by atoms with Gasteiger partial charge in [-0.3, -0.25) is 0 Å². The Kier molecular flexibility index (Phi) is 3.13. The third-order valence-electron chi connectivity index (χ3n) is 9.56. The van der Waals surface area contributed by atoms with Crippen LogP contribution in [0.25, 0.3) is 0 Å². The summed E-state index contributed by atoms with van der Waals surface area (Å²) < 4.78 is 31.6. The molecule has 1 N–H and O–H groups in total. The van der Waals surface area contributed by atoms with E-state index in [9.17, 15) is 5.11 Å². The fourth-order valence-electron chi connectivity index (χ4n) is 8.35. The molecule has 8 heteroatoms. The van der Waals surface area contributed by atoms with Crippen LogP contribution < -0.4 is 9.47 Å². The molecule has 2 spiro atoms. The van der Waals surface area contributed by atoms with Crippen molar-refractivity contribution in [1.82, 2.24) is 9.80 Å². The molecule has 0 aromatic heterocycles. The number of aliphatic hydroxyl groups is 1. The van der Waals surface area contributed by atoms with Crippen LogP contribution in [-0.2, 0) is 26.0 Å². The minimum Gasteiger partial charge on any atom is -0.493 e. The Balaban J connectivity index is 1.38. The molecule has 1 saturated carbocycles. The summed E-state index contributed by atoms with van der Waals surface area (Å²) in [6.07, 6.45) is 2.34. The van der Waals surface area contributed by atoms with Gasteiger partial charge in [-0.25, -0.2) is 4.90 Å². The van der Waals surface area contributed by atoms with Crippen molar-refractivity contribution in [2.75, 3.05) is 33.9 Å². The van der Waals surface area contributed by atoms with Gasteiger partial charge in [0, 0.05) is 11.6 Å². The fraction of sp³-hybridized carbons (Fsp3) is 0.739. The van der Waals surface area contributed by atoms with Crippen LogP contribution in [0.15, 0.2) is 12.1 Å². The summed E-state index contributed by atoms with van der Waals surface area (Å²) in [5, 5.41) is 12.5. The van der Waals surface area contributed by atoms with Crippen LogP contribution in [0.3, 0.4) is 0 Å². The molecule has 5 fully saturated rings. The van der Waals surface area contributed by atoms with Crippen LogP contribution in [0.5, 0.6) is 11.5 Å². The topological polar surface area (TPSA) is 72.9 Å². The highest BCUT2D eigenvalue weighted by Crippen LogP contribution is 2.69. The van der Waals surface area contributed by atoms with Gasteiger partial charge in [0.2, 0.25) is 0 Å². The summed E-state index contributed by atoms with van der Waals surface area (Å²) in [6, 6.07) is 4.25. The Bertz CT molecular complexity index is 1000. The van der Waals surface area contributed by atoms with E-state index in [4.69, 9.17) is 23.7 Å². The minimum atomic E-state index is -0.870. The van der Waals surface area contributed by atoms with Gasteiger partial charge in [0.1, 0.15) is 30.4 Å². The summed E-state index contributed by atoms with van der Waals surface area (Å²) in [7, 11) is 3.83. The lowest BCUT2D eigenvalue weighted by molar-refractivity contribution is -0.257. The molecule has 166 valence electrons. The van der Waals surface area contributed by atoms with Gasteiger partial charge in [0.15, 0.2) is 11.5 Å². The van der Waals surface area contributed by atoms with Crippen molar-refractivity contribution in [2.24, 2.45) is 0 Å². The van der Waals surface area contributed by atoms with E-state index >= 15 is 0 Å². The van der Waals surface area contributed by atoms with Crippen molar-refractivity contribution in [1.29, 1.82) is 0 Å². The fourth-order valence-corrected chi connectivity index (χ4v) is 8.35. The van der Waals surface area contributed by atoms with Gasteiger partial charge in [-0.15, -0.1) is 0 Å². The van der Waals surface area contributed by atoms with E-state index in [-0.39, 0.29) is 30.8 Å². The summed E-state index contributed by atoms with van der Waals surface area (Å²) in [6.45, 7) is 2.04. The monoisotopic (exact) mass is 428 g/mol. The van der Waals surface area contributed by atoms with Crippen molar-refractivity contribution < 1.29 is 28.8 Å². The molecule has 0 unspecified atom stereocenters. The van der Waals surface area contributed by atoms with Crippen molar-refractivity contribution >= 4 is 0 Å². The molecule has 5 aliphatic heterocycles. The Morgan fingerprint density at radius 1 is 1.13 bits per heavy atom. The maximum atomic E-state index is 12.5. The summed E-state index contributed by atoms with van der Waals surface area (Å²) >= 11 is 0. The van der Waals surface area contributed by atoms with Crippen LogP contribution in [-0.4, -0.2) is 90.9 Å². The number of nitrogens with zero attached hydrogens (tertiary/aromatic N) is 2. The highest BCUT2D eigenvalue weighted by Gasteiger charge is 2.80. The number of hydrogen-bond donors (Lipinski definition) is 1. The lowest BCUT2D eigenvalue weighted by atomic mass is 9.46. The van der Waals surface area contributed by atoms with Gasteiger partial charge in [0.05, 0.1) is 31.3 Å². The first-order valence-corrected chi connectivity index (χ1v) is 11.5. The van der Waals surface area contributed by atoms with Gasteiger partial charge < -0.3 is 33.7 Å². The van der Waals surface area contributed by atoms with E-state index in [0.29, 0.717) is 26.1 Å². The average Bonchev–Trinajstić information content (AvgIpc) is 3.50. The predicted molar refractivity (Wildman–Crippen MR) is 107 cm³/mol. The minimum absolute atomic E-state index is 0.0434. The lowest BCUT2D eigenvalue weighted by Gasteiger charge is -2.65. The average molecular weight is 428 g/mol. The van der Waals surface area contributed by atoms with Gasteiger partial charge in [-0.2, -0.15) is 0 Å². The standard InChI is InChI=1S/C23H28N2O6/c1-24-8-7-21-17-12-3-4-13(27-2)18(17)30-19(21)22(5-6-23(21,26)14(24)9-12)20-25-15(10-29-20)28-11-16(25)31-22/h3-4,14-16,19-20,26H,5-11H2,1-2H3/t14-,15-,16-,19-,20-,21+,22+,23-/m1/s1. The molecule has 31 heavy (non-hydrogen) atoms. The third kappa shape index (κ3) is 1.71. The van der Waals surface area contributed by atoms with Crippen molar-refractivity contribution in [3.63, 3.8) is 0 Å². The quantitative estimate of drug-likeness (QED) is 0.697. The molecule has 8 nitrogen and oxygen atoms in total. The molecule has 2 aliphatic carbocycles. The zero-order chi connectivity index (χ0) is 20.8. The van der Waals surface area contributed by atoms with E-state index in [0.717, 1.165) is 36.4 Å². The largest absolute Gasteiger partial charge is 0.493 e. The van der Waals surface area contributed by atoms with Crippen molar-refractivity contribution in [2.45, 2.75) is 73.1 Å². The maximum Gasteiger partial charge on any atom is 0.166 e. The first-order chi connectivity index (χ1) is 15.0. The third-order valence-corrected chi connectivity index (χ3v) is 9.56. The number of likely N-dealkylation sites (tertiary alicyclic amines) is 1. The lowest BCUT2D eigenvalue weighted by Crippen LogP contribution is -2.80. The molecule has 8 rings (SSSR count). The highest BCUT2D eigenvalue weighted by atomic mass is 16.7. The van der Waals surface area contributed by atoms with Crippen molar-refractivity contribution in [3.05, 3.63) is 23.3 Å². The molecule has 8 atom stereocenters. The number of rotatable bonds is 1.